The number of carbonyl (C=O) groups is 1. The molecular weight excluding hydrogens is 434 g/mol. The van der Waals surface area contributed by atoms with Gasteiger partial charge in [0.05, 0.1) is 4.70 Å². The van der Waals surface area contributed by atoms with Gasteiger partial charge in [0.2, 0.25) is 0 Å². The third-order valence-electron chi connectivity index (χ3n) is 5.20. The van der Waals surface area contributed by atoms with Gasteiger partial charge in [0.1, 0.15) is 11.3 Å². The second-order valence-electron chi connectivity index (χ2n) is 7.16. The number of aromatic nitrogens is 2. The number of rotatable bonds is 8. The van der Waals surface area contributed by atoms with Crippen LogP contribution in [0.25, 0.3) is 21.5 Å². The highest BCUT2D eigenvalue weighted by atomic mass is 32.1. The van der Waals surface area contributed by atoms with Crippen LogP contribution < -0.4 is 4.90 Å². The zero-order valence-electron chi connectivity index (χ0n) is 17.7. The summed E-state index contributed by atoms with van der Waals surface area (Å²) in [6, 6.07) is 12.9. The highest BCUT2D eigenvalue weighted by Crippen LogP contribution is 2.32. The van der Waals surface area contributed by atoms with Gasteiger partial charge in [-0.15, -0.1) is 0 Å². The van der Waals surface area contributed by atoms with E-state index in [1.807, 2.05) is 44.2 Å². The number of likely N-dealkylation sites (N-methyl/N-ethyl adjacent to an activating group) is 1. The Hall–Kier alpha value is -3.17. The van der Waals surface area contributed by atoms with Crippen molar-refractivity contribution in [3.63, 3.8) is 0 Å². The summed E-state index contributed by atoms with van der Waals surface area (Å²) in [6.07, 6.45) is 0. The van der Waals surface area contributed by atoms with E-state index in [9.17, 15) is 13.6 Å². The maximum atomic E-state index is 14.2. The first-order valence-electron chi connectivity index (χ1n) is 10.3. The van der Waals surface area contributed by atoms with E-state index in [0.29, 0.717) is 23.5 Å². The Kier molecular flexibility index (Phi) is 6.57. The number of hydrogen-bond donors (Lipinski definition) is 0. The molecule has 0 fully saturated rings. The number of hydrogen-bond acceptors (Lipinski definition) is 6. The molecular formula is C23H22F2N4O2S. The number of anilines is 1. The minimum atomic E-state index is -0.758. The Morgan fingerprint density at radius 3 is 2.53 bits per heavy atom. The normalized spacial score (nSPS) is 11.4. The van der Waals surface area contributed by atoms with Gasteiger partial charge in [0, 0.05) is 30.8 Å². The molecule has 166 valence electrons. The second kappa shape index (κ2) is 9.54. The first-order chi connectivity index (χ1) is 15.5. The summed E-state index contributed by atoms with van der Waals surface area (Å²) in [5, 5.41) is 4.24. The number of fused-ring (bicyclic) bond motifs is 1. The van der Waals surface area contributed by atoms with Crippen molar-refractivity contribution in [3.05, 3.63) is 65.9 Å². The van der Waals surface area contributed by atoms with Crippen molar-refractivity contribution in [2.75, 3.05) is 31.1 Å². The largest absolute Gasteiger partial charge is 0.355 e. The van der Waals surface area contributed by atoms with Crippen molar-refractivity contribution in [2.24, 2.45) is 0 Å². The monoisotopic (exact) mass is 456 g/mol. The molecule has 0 bridgehead atoms. The maximum absolute atomic E-state index is 14.2. The zero-order chi connectivity index (χ0) is 22.7. The molecule has 0 aliphatic carbocycles. The van der Waals surface area contributed by atoms with Crippen LogP contribution in [-0.4, -0.2) is 47.1 Å². The predicted molar refractivity (Wildman–Crippen MR) is 121 cm³/mol. The summed E-state index contributed by atoms with van der Waals surface area (Å²) < 4.78 is 33.6. The van der Waals surface area contributed by atoms with E-state index in [2.05, 4.69) is 15.0 Å². The van der Waals surface area contributed by atoms with Gasteiger partial charge < -0.3 is 9.42 Å². The van der Waals surface area contributed by atoms with E-state index in [4.69, 9.17) is 4.52 Å². The van der Waals surface area contributed by atoms with Gasteiger partial charge >= 0.3 is 0 Å². The highest BCUT2D eigenvalue weighted by molar-refractivity contribution is 7.22. The smallest absolute Gasteiger partial charge is 0.282 e. The summed E-state index contributed by atoms with van der Waals surface area (Å²) in [4.78, 5) is 21.3. The summed E-state index contributed by atoms with van der Waals surface area (Å²) in [7, 11) is 0. The van der Waals surface area contributed by atoms with Crippen LogP contribution in [0.2, 0.25) is 0 Å². The first kappa shape index (κ1) is 22.0. The third-order valence-corrected chi connectivity index (χ3v) is 6.23. The topological polar surface area (TPSA) is 62.5 Å². The van der Waals surface area contributed by atoms with E-state index in [1.165, 1.54) is 11.0 Å². The Balaban J connectivity index is 1.69. The fourth-order valence-corrected chi connectivity index (χ4v) is 4.41. The van der Waals surface area contributed by atoms with E-state index >= 15 is 0 Å². The molecule has 0 spiro atoms. The minimum absolute atomic E-state index is 0.0390. The van der Waals surface area contributed by atoms with Crippen molar-refractivity contribution in [1.29, 1.82) is 0 Å². The quantitative estimate of drug-likeness (QED) is 0.364. The van der Waals surface area contributed by atoms with Gasteiger partial charge in [-0.25, -0.2) is 13.8 Å². The molecule has 2 aromatic heterocycles. The molecule has 0 atom stereocenters. The van der Waals surface area contributed by atoms with Crippen LogP contribution in [-0.2, 0) is 0 Å². The lowest BCUT2D eigenvalue weighted by molar-refractivity contribution is 0.0975. The highest BCUT2D eigenvalue weighted by Gasteiger charge is 2.26. The number of carbonyl (C=O) groups excluding carboxylic acids is 1. The van der Waals surface area contributed by atoms with Crippen LogP contribution in [0.1, 0.15) is 24.3 Å². The molecule has 4 rings (SSSR count). The lowest BCUT2D eigenvalue weighted by Gasteiger charge is -2.24. The summed E-state index contributed by atoms with van der Waals surface area (Å²) >= 11 is 1.06. The number of benzene rings is 2. The number of halogens is 2. The summed E-state index contributed by atoms with van der Waals surface area (Å²) in [6.45, 7) is 6.62. The molecule has 0 saturated heterocycles. The van der Waals surface area contributed by atoms with Crippen LogP contribution >= 0.6 is 11.3 Å². The van der Waals surface area contributed by atoms with E-state index < -0.39 is 17.5 Å². The molecule has 0 aliphatic heterocycles. The van der Waals surface area contributed by atoms with Gasteiger partial charge in [-0.05, 0) is 19.2 Å². The molecule has 0 radical (unpaired) electrons. The van der Waals surface area contributed by atoms with Crippen LogP contribution in [0.4, 0.5) is 13.9 Å². The molecule has 0 aliphatic rings. The lowest BCUT2D eigenvalue weighted by atomic mass is 10.1. The van der Waals surface area contributed by atoms with Crippen molar-refractivity contribution >= 4 is 32.6 Å². The van der Waals surface area contributed by atoms with Gasteiger partial charge in [-0.3, -0.25) is 9.69 Å². The summed E-state index contributed by atoms with van der Waals surface area (Å²) in [5.41, 5.74) is 0.956. The number of amides is 1. The molecule has 0 saturated carbocycles. The predicted octanol–water partition coefficient (Wildman–Crippen LogP) is 5.22. The molecule has 0 N–H and O–H groups in total. The van der Waals surface area contributed by atoms with E-state index in [0.717, 1.165) is 36.1 Å². The first-order valence-corrected chi connectivity index (χ1v) is 11.1. The van der Waals surface area contributed by atoms with Gasteiger partial charge in [-0.2, -0.15) is 0 Å². The van der Waals surface area contributed by atoms with Crippen molar-refractivity contribution in [3.8, 4) is 11.3 Å². The Bertz CT molecular complexity index is 1220. The molecule has 1 amide bonds. The van der Waals surface area contributed by atoms with Crippen molar-refractivity contribution < 1.29 is 18.1 Å². The molecule has 2 aromatic carbocycles. The fraction of sp³-hybridized carbons (Fsp3) is 0.261. The Labute approximate surface area is 188 Å². The average molecular weight is 457 g/mol. The SMILES string of the molecule is CCN(CC)CCN(C(=O)c1cc(-c2ccccc2)on1)c1nc2c(F)cc(F)cc2s1. The average Bonchev–Trinajstić information content (AvgIpc) is 3.45. The zero-order valence-corrected chi connectivity index (χ0v) is 18.5. The van der Waals surface area contributed by atoms with Gasteiger partial charge in [0.15, 0.2) is 22.4 Å². The van der Waals surface area contributed by atoms with Crippen LogP contribution in [0.3, 0.4) is 0 Å². The Morgan fingerprint density at radius 1 is 1.06 bits per heavy atom. The van der Waals surface area contributed by atoms with Crippen molar-refractivity contribution in [2.45, 2.75) is 13.8 Å². The van der Waals surface area contributed by atoms with Crippen LogP contribution in [0.5, 0.6) is 0 Å². The standard InChI is InChI=1S/C23H22F2N4O2S/c1-3-28(4-2)10-11-29(23-26-21-17(25)12-16(24)13-20(21)32-23)22(30)18-14-19(31-27-18)15-8-6-5-7-9-15/h5-9,12-14H,3-4,10-11H2,1-2H3. The molecule has 32 heavy (non-hydrogen) atoms. The number of thiazole rings is 1. The molecule has 4 aromatic rings. The molecule has 2 heterocycles. The number of nitrogens with zero attached hydrogens (tertiary/aromatic N) is 4. The van der Waals surface area contributed by atoms with E-state index in [-0.39, 0.29) is 16.3 Å². The van der Waals surface area contributed by atoms with Crippen LogP contribution in [0, 0.1) is 11.6 Å². The fourth-order valence-electron chi connectivity index (χ4n) is 3.38. The Morgan fingerprint density at radius 2 is 1.81 bits per heavy atom. The van der Waals surface area contributed by atoms with E-state index in [1.54, 1.807) is 6.07 Å². The van der Waals surface area contributed by atoms with Crippen molar-refractivity contribution in [1.82, 2.24) is 15.0 Å². The third kappa shape index (κ3) is 4.53. The van der Waals surface area contributed by atoms with Gasteiger partial charge in [-0.1, -0.05) is 60.7 Å². The minimum Gasteiger partial charge on any atom is -0.355 e. The molecule has 6 nitrogen and oxygen atoms in total. The molecule has 0 unspecified atom stereocenters. The maximum Gasteiger partial charge on any atom is 0.282 e. The van der Waals surface area contributed by atoms with Gasteiger partial charge in [0.25, 0.3) is 5.91 Å². The second-order valence-corrected chi connectivity index (χ2v) is 8.17. The van der Waals surface area contributed by atoms with Crippen LogP contribution in [0.15, 0.2) is 53.1 Å². The lowest BCUT2D eigenvalue weighted by Crippen LogP contribution is -2.39. The molecule has 9 heteroatoms. The summed E-state index contributed by atoms with van der Waals surface area (Å²) in [5.74, 6) is -1.39.